The van der Waals surface area contributed by atoms with Gasteiger partial charge < -0.3 is 9.74 Å². The summed E-state index contributed by atoms with van der Waals surface area (Å²) in [5.41, 5.74) is 0. The number of aromatic nitrogens is 1. The van der Waals surface area contributed by atoms with Gasteiger partial charge in [-0.25, -0.2) is 4.98 Å². The molecule has 166 valence electrons. The third-order valence-electron chi connectivity index (χ3n) is 6.18. The molecular formula is C25H33ClN2OSSi. The highest BCUT2D eigenvalue weighted by Gasteiger charge is 2.52. The zero-order valence-corrected chi connectivity index (χ0v) is 21.2. The minimum absolute atomic E-state index is 0. The third kappa shape index (κ3) is 4.96. The molecule has 6 heteroatoms. The SMILES string of the molecule is CC(C)(C)[Si](OC(c1nccs1)[C@H]1CCCNC1)(c1ccccc1)c1ccccc1.Cl. The van der Waals surface area contributed by atoms with Crippen LogP contribution < -0.4 is 15.7 Å². The van der Waals surface area contributed by atoms with E-state index in [0.717, 1.165) is 18.1 Å². The Morgan fingerprint density at radius 1 is 1.03 bits per heavy atom. The van der Waals surface area contributed by atoms with E-state index in [1.54, 1.807) is 11.3 Å². The maximum absolute atomic E-state index is 7.51. The fourth-order valence-electron chi connectivity index (χ4n) is 4.74. The molecule has 2 atom stereocenters. The van der Waals surface area contributed by atoms with Gasteiger partial charge in [-0.3, -0.25) is 0 Å². The smallest absolute Gasteiger partial charge is 0.262 e. The highest BCUT2D eigenvalue weighted by atomic mass is 35.5. The van der Waals surface area contributed by atoms with Crippen molar-refractivity contribution in [3.63, 3.8) is 0 Å². The Morgan fingerprint density at radius 2 is 1.65 bits per heavy atom. The summed E-state index contributed by atoms with van der Waals surface area (Å²) in [7, 11) is -2.61. The van der Waals surface area contributed by atoms with E-state index in [9.17, 15) is 0 Å². The van der Waals surface area contributed by atoms with Crippen LogP contribution in [0.4, 0.5) is 0 Å². The average Bonchev–Trinajstić information content (AvgIpc) is 3.30. The molecule has 2 aromatic carbocycles. The van der Waals surface area contributed by atoms with Gasteiger partial charge in [0.1, 0.15) is 11.1 Å². The van der Waals surface area contributed by atoms with Crippen molar-refractivity contribution >= 4 is 42.4 Å². The van der Waals surface area contributed by atoms with E-state index in [-0.39, 0.29) is 23.5 Å². The van der Waals surface area contributed by atoms with Crippen LogP contribution in [0.5, 0.6) is 0 Å². The molecule has 3 aromatic rings. The second kappa shape index (κ2) is 10.4. The lowest BCUT2D eigenvalue weighted by molar-refractivity contribution is 0.105. The Bertz CT molecular complexity index is 870. The summed E-state index contributed by atoms with van der Waals surface area (Å²) in [4.78, 5) is 4.73. The van der Waals surface area contributed by atoms with Crippen LogP contribution in [0.25, 0.3) is 0 Å². The minimum atomic E-state index is -2.61. The lowest BCUT2D eigenvalue weighted by Gasteiger charge is -2.46. The number of nitrogens with zero attached hydrogens (tertiary/aromatic N) is 1. The quantitative estimate of drug-likeness (QED) is 0.502. The van der Waals surface area contributed by atoms with Crippen LogP contribution in [0.15, 0.2) is 72.2 Å². The molecule has 0 spiro atoms. The lowest BCUT2D eigenvalue weighted by Crippen LogP contribution is -2.67. The minimum Gasteiger partial charge on any atom is -0.398 e. The van der Waals surface area contributed by atoms with Gasteiger partial charge in [-0.15, -0.1) is 23.7 Å². The number of thiazole rings is 1. The molecule has 2 heterocycles. The zero-order valence-electron chi connectivity index (χ0n) is 18.6. The monoisotopic (exact) mass is 472 g/mol. The first kappa shape index (κ1) is 24.1. The van der Waals surface area contributed by atoms with Crippen LogP contribution in [0, 0.1) is 5.92 Å². The summed E-state index contributed by atoms with van der Waals surface area (Å²) < 4.78 is 7.51. The fraction of sp³-hybridized carbons (Fsp3) is 0.400. The van der Waals surface area contributed by atoms with Crippen molar-refractivity contribution in [3.8, 4) is 0 Å². The predicted octanol–water partition coefficient (Wildman–Crippen LogP) is 5.18. The Balaban J connectivity index is 0.00000272. The molecule has 1 aliphatic rings. The third-order valence-corrected chi connectivity index (χ3v) is 12.0. The van der Waals surface area contributed by atoms with Gasteiger partial charge in [0, 0.05) is 24.0 Å². The van der Waals surface area contributed by atoms with Gasteiger partial charge in [-0.2, -0.15) is 0 Å². The van der Waals surface area contributed by atoms with Crippen molar-refractivity contribution in [1.82, 2.24) is 10.3 Å². The normalized spacial score (nSPS) is 18.2. The summed E-state index contributed by atoms with van der Waals surface area (Å²) in [6.07, 6.45) is 4.29. The second-order valence-electron chi connectivity index (χ2n) is 9.18. The molecule has 1 saturated heterocycles. The van der Waals surface area contributed by atoms with Crippen LogP contribution in [-0.2, 0) is 4.43 Å². The number of hydrogen-bond donors (Lipinski definition) is 1. The molecule has 0 amide bonds. The molecule has 0 bridgehead atoms. The van der Waals surface area contributed by atoms with Crippen molar-refractivity contribution in [2.75, 3.05) is 13.1 Å². The number of nitrogens with one attached hydrogen (secondary N) is 1. The van der Waals surface area contributed by atoms with E-state index in [1.807, 2.05) is 6.20 Å². The molecule has 1 aromatic heterocycles. The standard InChI is InChI=1S/C25H32N2OSSi.ClH/c1-25(2,3)30(21-12-6-4-7-13-21,22-14-8-5-9-15-22)28-23(24-27-17-18-29-24)20-11-10-16-26-19-20;/h4-9,12-15,17-18,20,23,26H,10-11,16,19H2,1-3H3;1H/t20-,23?;/m0./s1. The number of rotatable bonds is 6. The summed E-state index contributed by atoms with van der Waals surface area (Å²) in [6.45, 7) is 9.12. The van der Waals surface area contributed by atoms with Gasteiger partial charge in [-0.05, 0) is 34.8 Å². The van der Waals surface area contributed by atoms with Crippen molar-refractivity contribution in [2.45, 2.75) is 44.8 Å². The molecule has 0 aliphatic carbocycles. The van der Waals surface area contributed by atoms with Crippen molar-refractivity contribution in [3.05, 3.63) is 77.2 Å². The number of benzene rings is 2. The molecule has 1 fully saturated rings. The first-order valence-corrected chi connectivity index (χ1v) is 13.7. The van der Waals surface area contributed by atoms with E-state index < -0.39 is 8.32 Å². The van der Waals surface area contributed by atoms with Gasteiger partial charge in [-0.1, -0.05) is 81.4 Å². The summed E-state index contributed by atoms with van der Waals surface area (Å²) in [6, 6.07) is 21.9. The van der Waals surface area contributed by atoms with E-state index in [2.05, 4.69) is 92.1 Å². The van der Waals surface area contributed by atoms with Gasteiger partial charge in [0.2, 0.25) is 0 Å². The van der Waals surface area contributed by atoms with Gasteiger partial charge in [0.05, 0.1) is 0 Å². The van der Waals surface area contributed by atoms with E-state index >= 15 is 0 Å². The van der Waals surface area contributed by atoms with Crippen LogP contribution in [0.2, 0.25) is 5.04 Å². The maximum Gasteiger partial charge on any atom is 0.262 e. The summed E-state index contributed by atoms with van der Waals surface area (Å²) in [5, 5.41) is 9.40. The molecule has 4 rings (SSSR count). The van der Waals surface area contributed by atoms with Crippen molar-refractivity contribution in [1.29, 1.82) is 0 Å². The van der Waals surface area contributed by atoms with E-state index in [0.29, 0.717) is 5.92 Å². The molecular weight excluding hydrogens is 440 g/mol. The van der Waals surface area contributed by atoms with Crippen molar-refractivity contribution in [2.24, 2.45) is 5.92 Å². The van der Waals surface area contributed by atoms with E-state index in [1.165, 1.54) is 23.2 Å². The second-order valence-corrected chi connectivity index (χ2v) is 14.4. The van der Waals surface area contributed by atoms with Gasteiger partial charge >= 0.3 is 0 Å². The molecule has 3 nitrogen and oxygen atoms in total. The van der Waals surface area contributed by atoms with Crippen LogP contribution in [0.3, 0.4) is 0 Å². The molecule has 0 radical (unpaired) electrons. The molecule has 1 unspecified atom stereocenters. The number of hydrogen-bond acceptors (Lipinski definition) is 4. The average molecular weight is 473 g/mol. The van der Waals surface area contributed by atoms with Gasteiger partial charge in [0.25, 0.3) is 8.32 Å². The van der Waals surface area contributed by atoms with Gasteiger partial charge in [0.15, 0.2) is 0 Å². The summed E-state index contributed by atoms with van der Waals surface area (Å²) in [5.74, 6) is 0.437. The number of piperidine rings is 1. The molecule has 1 aliphatic heterocycles. The van der Waals surface area contributed by atoms with Crippen molar-refractivity contribution < 1.29 is 4.43 Å². The maximum atomic E-state index is 7.51. The highest BCUT2D eigenvalue weighted by molar-refractivity contribution is 7.09. The van der Waals surface area contributed by atoms with E-state index in [4.69, 9.17) is 9.41 Å². The zero-order chi connectivity index (χ0) is 21.0. The number of halogens is 1. The van der Waals surface area contributed by atoms with Crippen LogP contribution in [0.1, 0.15) is 44.7 Å². The lowest BCUT2D eigenvalue weighted by atomic mass is 9.94. The molecule has 0 saturated carbocycles. The Labute approximate surface area is 197 Å². The topological polar surface area (TPSA) is 34.1 Å². The highest BCUT2D eigenvalue weighted by Crippen LogP contribution is 2.43. The van der Waals surface area contributed by atoms with Crippen LogP contribution >= 0.6 is 23.7 Å². The molecule has 1 N–H and O–H groups in total. The Kier molecular flexibility index (Phi) is 8.11. The summed E-state index contributed by atoms with van der Waals surface area (Å²) >= 11 is 1.72. The first-order valence-electron chi connectivity index (χ1n) is 10.9. The first-order chi connectivity index (χ1) is 14.5. The Hall–Kier alpha value is -1.50. The molecule has 31 heavy (non-hydrogen) atoms. The predicted molar refractivity (Wildman–Crippen MR) is 136 cm³/mol. The van der Waals surface area contributed by atoms with Crippen LogP contribution in [-0.4, -0.2) is 26.4 Å². The largest absolute Gasteiger partial charge is 0.398 e. The fourth-order valence-corrected chi connectivity index (χ4v) is 10.3. The Morgan fingerprint density at radius 3 is 2.10 bits per heavy atom.